The first-order chi connectivity index (χ1) is 9.16. The van der Waals surface area contributed by atoms with Crippen LogP contribution >= 0.6 is 0 Å². The molecule has 0 aromatic heterocycles. The van der Waals surface area contributed by atoms with Gasteiger partial charge in [0.25, 0.3) is 0 Å². The summed E-state index contributed by atoms with van der Waals surface area (Å²) in [5.41, 5.74) is 6.75. The van der Waals surface area contributed by atoms with Crippen LogP contribution in [0.3, 0.4) is 0 Å². The molecule has 2 N–H and O–H groups in total. The summed E-state index contributed by atoms with van der Waals surface area (Å²) in [5, 5.41) is 0. The van der Waals surface area contributed by atoms with E-state index < -0.39 is 0 Å². The third-order valence-corrected chi connectivity index (χ3v) is 5.81. The molecule has 0 bridgehead atoms. The van der Waals surface area contributed by atoms with Gasteiger partial charge < -0.3 is 5.73 Å². The molecule has 0 spiro atoms. The summed E-state index contributed by atoms with van der Waals surface area (Å²) in [7, 11) is 0. The van der Waals surface area contributed by atoms with Crippen molar-refractivity contribution in [2.45, 2.75) is 75.9 Å². The third-order valence-electron chi connectivity index (χ3n) is 5.81. The molecule has 1 aliphatic carbocycles. The van der Waals surface area contributed by atoms with Gasteiger partial charge in [0, 0.05) is 37.3 Å². The van der Waals surface area contributed by atoms with Gasteiger partial charge in [0.15, 0.2) is 0 Å². The largest absolute Gasteiger partial charge is 0.325 e. The van der Waals surface area contributed by atoms with Crippen LogP contribution < -0.4 is 5.73 Å². The quantitative estimate of drug-likeness (QED) is 0.849. The van der Waals surface area contributed by atoms with Gasteiger partial charge >= 0.3 is 0 Å². The number of piperazine rings is 1. The van der Waals surface area contributed by atoms with Crippen molar-refractivity contribution < 1.29 is 0 Å². The molecule has 2 unspecified atom stereocenters. The molecule has 1 saturated carbocycles. The minimum absolute atomic E-state index is 0.158. The van der Waals surface area contributed by atoms with E-state index >= 15 is 0 Å². The summed E-state index contributed by atoms with van der Waals surface area (Å²) in [6.45, 7) is 7.53. The minimum Gasteiger partial charge on any atom is -0.325 e. The molecule has 0 radical (unpaired) electrons. The van der Waals surface area contributed by atoms with Crippen LogP contribution in [0.1, 0.15) is 58.3 Å². The van der Waals surface area contributed by atoms with Gasteiger partial charge in [0.2, 0.25) is 0 Å². The fourth-order valence-corrected chi connectivity index (χ4v) is 4.43. The van der Waals surface area contributed by atoms with Crippen molar-refractivity contribution >= 4 is 0 Å². The maximum atomic E-state index is 6.59. The molecule has 2 aliphatic heterocycles. The fourth-order valence-electron chi connectivity index (χ4n) is 4.43. The highest BCUT2D eigenvalue weighted by Gasteiger charge is 2.35. The van der Waals surface area contributed by atoms with Crippen molar-refractivity contribution in [1.29, 1.82) is 0 Å². The summed E-state index contributed by atoms with van der Waals surface area (Å²) < 4.78 is 0. The lowest BCUT2D eigenvalue weighted by Gasteiger charge is -2.44. The van der Waals surface area contributed by atoms with E-state index in [2.05, 4.69) is 16.7 Å². The van der Waals surface area contributed by atoms with Crippen molar-refractivity contribution in [3.05, 3.63) is 0 Å². The molecule has 110 valence electrons. The molecular formula is C16H31N3. The lowest BCUT2D eigenvalue weighted by Crippen LogP contribution is -2.56. The summed E-state index contributed by atoms with van der Waals surface area (Å²) in [5.74, 6) is 0. The Kier molecular flexibility index (Phi) is 4.16. The van der Waals surface area contributed by atoms with Crippen LogP contribution in [0.5, 0.6) is 0 Å². The molecule has 3 nitrogen and oxygen atoms in total. The van der Waals surface area contributed by atoms with Crippen LogP contribution in [0.25, 0.3) is 0 Å². The molecule has 2 heterocycles. The van der Waals surface area contributed by atoms with E-state index in [4.69, 9.17) is 5.73 Å². The Bertz CT molecular complexity index is 298. The second-order valence-corrected chi connectivity index (χ2v) is 7.31. The van der Waals surface area contributed by atoms with Crippen LogP contribution in [0.4, 0.5) is 0 Å². The summed E-state index contributed by atoms with van der Waals surface area (Å²) >= 11 is 0. The average molecular weight is 265 g/mol. The van der Waals surface area contributed by atoms with Gasteiger partial charge in [-0.3, -0.25) is 9.80 Å². The molecule has 0 aromatic rings. The van der Waals surface area contributed by atoms with E-state index in [1.807, 2.05) is 0 Å². The topological polar surface area (TPSA) is 32.5 Å². The summed E-state index contributed by atoms with van der Waals surface area (Å²) in [6, 6.07) is 1.57. The van der Waals surface area contributed by atoms with E-state index in [-0.39, 0.29) is 5.54 Å². The number of hydrogen-bond donors (Lipinski definition) is 1. The maximum Gasteiger partial charge on any atom is 0.0224 e. The molecule has 19 heavy (non-hydrogen) atoms. The average Bonchev–Trinajstić information content (AvgIpc) is 2.84. The van der Waals surface area contributed by atoms with E-state index in [1.54, 1.807) is 0 Å². The van der Waals surface area contributed by atoms with Crippen molar-refractivity contribution in [3.8, 4) is 0 Å². The minimum atomic E-state index is 0.158. The zero-order valence-electron chi connectivity index (χ0n) is 12.6. The predicted molar refractivity (Wildman–Crippen MR) is 80.3 cm³/mol. The zero-order chi connectivity index (χ0) is 13.3. The Balaban J connectivity index is 1.51. The molecule has 3 rings (SSSR count). The Morgan fingerprint density at radius 1 is 1.11 bits per heavy atom. The maximum absolute atomic E-state index is 6.59. The number of hydrogen-bond acceptors (Lipinski definition) is 3. The monoisotopic (exact) mass is 265 g/mol. The lowest BCUT2D eigenvalue weighted by atomic mass is 9.80. The standard InChI is InChI=1S/C16H31N3/c1-14-12-19-10-5-6-15(19)13-18(14)11-9-16(17)7-3-2-4-8-16/h14-15H,2-13,17H2,1H3. The summed E-state index contributed by atoms with van der Waals surface area (Å²) in [6.07, 6.45) is 10.6. The second-order valence-electron chi connectivity index (χ2n) is 7.31. The molecule has 2 atom stereocenters. The fraction of sp³-hybridized carbons (Fsp3) is 1.00. The SMILES string of the molecule is CC1CN2CCCC2CN1CCC1(N)CCCCC1. The van der Waals surface area contributed by atoms with Crippen molar-refractivity contribution in [3.63, 3.8) is 0 Å². The highest BCUT2D eigenvalue weighted by atomic mass is 15.3. The van der Waals surface area contributed by atoms with Gasteiger partial charge in [0.05, 0.1) is 0 Å². The van der Waals surface area contributed by atoms with E-state index in [9.17, 15) is 0 Å². The smallest absolute Gasteiger partial charge is 0.0224 e. The van der Waals surface area contributed by atoms with Gasteiger partial charge in [-0.1, -0.05) is 19.3 Å². The molecule has 2 saturated heterocycles. The highest BCUT2D eigenvalue weighted by molar-refractivity contribution is 4.93. The van der Waals surface area contributed by atoms with Gasteiger partial charge in [-0.15, -0.1) is 0 Å². The Morgan fingerprint density at radius 3 is 2.68 bits per heavy atom. The first-order valence-corrected chi connectivity index (χ1v) is 8.43. The van der Waals surface area contributed by atoms with E-state index in [1.165, 1.54) is 77.5 Å². The van der Waals surface area contributed by atoms with Gasteiger partial charge in [-0.05, 0) is 45.6 Å². The van der Waals surface area contributed by atoms with Crippen molar-refractivity contribution in [1.82, 2.24) is 9.80 Å². The van der Waals surface area contributed by atoms with Crippen molar-refractivity contribution in [2.75, 3.05) is 26.2 Å². The van der Waals surface area contributed by atoms with Gasteiger partial charge in [-0.2, -0.15) is 0 Å². The summed E-state index contributed by atoms with van der Waals surface area (Å²) in [4.78, 5) is 5.43. The Hall–Kier alpha value is -0.120. The van der Waals surface area contributed by atoms with E-state index in [0.717, 1.165) is 12.1 Å². The van der Waals surface area contributed by atoms with E-state index in [0.29, 0.717) is 0 Å². The van der Waals surface area contributed by atoms with Crippen LogP contribution in [0.15, 0.2) is 0 Å². The number of nitrogens with zero attached hydrogens (tertiary/aromatic N) is 2. The molecule has 3 aliphatic rings. The highest BCUT2D eigenvalue weighted by Crippen LogP contribution is 2.30. The lowest BCUT2D eigenvalue weighted by molar-refractivity contribution is 0.0518. The Labute approximate surface area is 118 Å². The molecule has 3 heteroatoms. The number of nitrogens with two attached hydrogens (primary N) is 1. The number of rotatable bonds is 3. The molecular weight excluding hydrogens is 234 g/mol. The predicted octanol–water partition coefficient (Wildman–Crippen LogP) is 2.21. The van der Waals surface area contributed by atoms with Gasteiger partial charge in [0.1, 0.15) is 0 Å². The third kappa shape index (κ3) is 3.14. The zero-order valence-corrected chi connectivity index (χ0v) is 12.6. The first-order valence-electron chi connectivity index (χ1n) is 8.43. The van der Waals surface area contributed by atoms with Crippen molar-refractivity contribution in [2.24, 2.45) is 5.73 Å². The van der Waals surface area contributed by atoms with Crippen LogP contribution in [-0.4, -0.2) is 53.6 Å². The molecule has 0 aromatic carbocycles. The van der Waals surface area contributed by atoms with Crippen LogP contribution in [0, 0.1) is 0 Å². The Morgan fingerprint density at radius 2 is 1.89 bits per heavy atom. The van der Waals surface area contributed by atoms with Gasteiger partial charge in [-0.25, -0.2) is 0 Å². The molecule has 0 amide bonds. The normalized spacial score (nSPS) is 36.3. The van der Waals surface area contributed by atoms with Crippen LogP contribution in [0.2, 0.25) is 0 Å². The van der Waals surface area contributed by atoms with Crippen LogP contribution in [-0.2, 0) is 0 Å². The number of fused-ring (bicyclic) bond motifs is 1. The first kappa shape index (κ1) is 13.8. The second kappa shape index (κ2) is 5.71. The molecule has 3 fully saturated rings.